The molecule has 1 unspecified atom stereocenters. The van der Waals surface area contributed by atoms with Crippen molar-refractivity contribution in [2.45, 2.75) is 25.9 Å². The lowest BCUT2D eigenvalue weighted by atomic mass is 10.3. The molecular formula is C14H19N5O2S. The fraction of sp³-hybridized carbons (Fsp3) is 0.571. The van der Waals surface area contributed by atoms with E-state index in [0.717, 1.165) is 42.5 Å². The van der Waals surface area contributed by atoms with Crippen molar-refractivity contribution in [2.24, 2.45) is 0 Å². The van der Waals surface area contributed by atoms with Gasteiger partial charge in [0.1, 0.15) is 11.9 Å². The van der Waals surface area contributed by atoms with Gasteiger partial charge in [-0.3, -0.25) is 0 Å². The average molecular weight is 321 g/mol. The maximum atomic E-state index is 5.83. The molecule has 3 heterocycles. The molecule has 1 fully saturated rings. The highest BCUT2D eigenvalue weighted by atomic mass is 32.1. The highest BCUT2D eigenvalue weighted by Gasteiger charge is 2.27. The summed E-state index contributed by atoms with van der Waals surface area (Å²) in [6, 6.07) is 0.440. The highest BCUT2D eigenvalue weighted by Crippen LogP contribution is 2.24. The molecule has 118 valence electrons. The molecule has 0 saturated carbocycles. The lowest BCUT2D eigenvalue weighted by Crippen LogP contribution is -2.25. The van der Waals surface area contributed by atoms with Crippen molar-refractivity contribution in [3.8, 4) is 6.01 Å². The Bertz CT molecular complexity index is 604. The van der Waals surface area contributed by atoms with E-state index >= 15 is 0 Å². The van der Waals surface area contributed by atoms with E-state index < -0.39 is 0 Å². The zero-order valence-corrected chi connectivity index (χ0v) is 13.5. The lowest BCUT2D eigenvalue weighted by Gasteiger charge is -2.14. The summed E-state index contributed by atoms with van der Waals surface area (Å²) in [4.78, 5) is 15.1. The van der Waals surface area contributed by atoms with Crippen LogP contribution in [-0.2, 0) is 11.2 Å². The Morgan fingerprint density at radius 3 is 2.95 bits per heavy atom. The molecule has 1 atom stereocenters. The van der Waals surface area contributed by atoms with Crippen molar-refractivity contribution in [2.75, 3.05) is 31.7 Å². The smallest absolute Gasteiger partial charge is 0.316 e. The molecule has 0 spiro atoms. The van der Waals surface area contributed by atoms with Gasteiger partial charge in [0.15, 0.2) is 0 Å². The standard InChI is InChI=1S/C14H19N5O2S/c1-10-7-15-13(16-8-10)21-11-3-5-19(9-11)14-17-12(18-22-14)4-6-20-2/h7-8,11H,3-6,9H2,1-2H3. The second kappa shape index (κ2) is 6.97. The van der Waals surface area contributed by atoms with Gasteiger partial charge in [0.25, 0.3) is 0 Å². The van der Waals surface area contributed by atoms with Crippen LogP contribution in [0, 0.1) is 6.92 Å². The number of ether oxygens (including phenoxy) is 2. The Kier molecular flexibility index (Phi) is 4.79. The van der Waals surface area contributed by atoms with E-state index in [9.17, 15) is 0 Å². The number of anilines is 1. The van der Waals surface area contributed by atoms with Crippen molar-refractivity contribution >= 4 is 16.7 Å². The number of aryl methyl sites for hydroxylation is 1. The second-order valence-corrected chi connectivity index (χ2v) is 5.98. The summed E-state index contributed by atoms with van der Waals surface area (Å²) in [5.74, 6) is 0.841. The zero-order chi connectivity index (χ0) is 15.4. The molecule has 0 aromatic carbocycles. The summed E-state index contributed by atoms with van der Waals surface area (Å²) >= 11 is 1.43. The normalized spacial score (nSPS) is 17.9. The molecule has 8 heteroatoms. The van der Waals surface area contributed by atoms with Crippen LogP contribution in [0.5, 0.6) is 6.01 Å². The number of nitrogens with zero attached hydrogens (tertiary/aromatic N) is 5. The molecule has 1 aliphatic rings. The van der Waals surface area contributed by atoms with E-state index in [0.29, 0.717) is 12.6 Å². The van der Waals surface area contributed by atoms with E-state index in [4.69, 9.17) is 9.47 Å². The van der Waals surface area contributed by atoms with Crippen LogP contribution in [0.4, 0.5) is 5.13 Å². The van der Waals surface area contributed by atoms with Crippen LogP contribution < -0.4 is 9.64 Å². The molecule has 3 rings (SSSR count). The van der Waals surface area contributed by atoms with Crippen molar-refractivity contribution in [3.05, 3.63) is 23.8 Å². The molecule has 0 amide bonds. The highest BCUT2D eigenvalue weighted by molar-refractivity contribution is 7.09. The van der Waals surface area contributed by atoms with E-state index in [2.05, 4.69) is 24.2 Å². The van der Waals surface area contributed by atoms with Gasteiger partial charge >= 0.3 is 6.01 Å². The SMILES string of the molecule is COCCc1nsc(N2CCC(Oc3ncc(C)cn3)C2)n1. The van der Waals surface area contributed by atoms with Crippen LogP contribution >= 0.6 is 11.5 Å². The minimum Gasteiger partial charge on any atom is -0.458 e. The molecule has 1 saturated heterocycles. The Morgan fingerprint density at radius 1 is 1.36 bits per heavy atom. The number of methoxy groups -OCH3 is 1. The predicted molar refractivity (Wildman–Crippen MR) is 83.5 cm³/mol. The van der Waals surface area contributed by atoms with Gasteiger partial charge in [-0.25, -0.2) is 15.0 Å². The third-order valence-electron chi connectivity index (χ3n) is 3.43. The first-order valence-corrected chi connectivity index (χ1v) is 8.03. The Hall–Kier alpha value is -1.80. The van der Waals surface area contributed by atoms with Crippen LogP contribution in [0.15, 0.2) is 12.4 Å². The molecular weight excluding hydrogens is 302 g/mol. The molecule has 0 aliphatic carbocycles. The lowest BCUT2D eigenvalue weighted by molar-refractivity contribution is 0.200. The molecule has 7 nitrogen and oxygen atoms in total. The molecule has 22 heavy (non-hydrogen) atoms. The molecule has 2 aromatic rings. The third-order valence-corrected chi connectivity index (χ3v) is 4.25. The van der Waals surface area contributed by atoms with Crippen LogP contribution in [0.25, 0.3) is 0 Å². The van der Waals surface area contributed by atoms with Gasteiger partial charge in [0.05, 0.1) is 13.2 Å². The van der Waals surface area contributed by atoms with Gasteiger partial charge in [-0.15, -0.1) is 0 Å². The molecule has 0 bridgehead atoms. The minimum absolute atomic E-state index is 0.0917. The van der Waals surface area contributed by atoms with Crippen LogP contribution in [0.1, 0.15) is 17.8 Å². The Balaban J connectivity index is 1.55. The van der Waals surface area contributed by atoms with Crippen molar-refractivity contribution in [1.29, 1.82) is 0 Å². The Labute approximate surface area is 133 Å². The van der Waals surface area contributed by atoms with Gasteiger partial charge in [0.2, 0.25) is 5.13 Å². The molecule has 0 N–H and O–H groups in total. The second-order valence-electron chi connectivity index (χ2n) is 5.25. The van der Waals surface area contributed by atoms with E-state index in [1.807, 2.05) is 6.92 Å². The van der Waals surface area contributed by atoms with Gasteiger partial charge in [-0.1, -0.05) is 0 Å². The minimum atomic E-state index is 0.0917. The molecule has 0 radical (unpaired) electrons. The first kappa shape index (κ1) is 15.1. The van der Waals surface area contributed by atoms with Crippen LogP contribution in [0.3, 0.4) is 0 Å². The van der Waals surface area contributed by atoms with Gasteiger partial charge in [-0.2, -0.15) is 4.37 Å². The summed E-state index contributed by atoms with van der Waals surface area (Å²) < 4.78 is 15.2. The molecule has 2 aromatic heterocycles. The fourth-order valence-corrected chi connectivity index (χ4v) is 3.00. The first-order chi connectivity index (χ1) is 10.7. The summed E-state index contributed by atoms with van der Waals surface area (Å²) in [6.45, 7) is 4.30. The van der Waals surface area contributed by atoms with Crippen molar-refractivity contribution in [3.63, 3.8) is 0 Å². The van der Waals surface area contributed by atoms with Crippen LogP contribution in [-0.4, -0.2) is 52.2 Å². The zero-order valence-electron chi connectivity index (χ0n) is 12.7. The van der Waals surface area contributed by atoms with Gasteiger partial charge in [0, 0.05) is 50.4 Å². The summed E-state index contributed by atoms with van der Waals surface area (Å²) in [6.07, 6.45) is 5.31. The topological polar surface area (TPSA) is 73.3 Å². The quantitative estimate of drug-likeness (QED) is 0.798. The number of rotatable bonds is 6. The summed E-state index contributed by atoms with van der Waals surface area (Å²) in [5.41, 5.74) is 1.03. The number of hydrogen-bond acceptors (Lipinski definition) is 8. The number of aromatic nitrogens is 4. The fourth-order valence-electron chi connectivity index (χ4n) is 2.26. The average Bonchev–Trinajstić information content (AvgIpc) is 3.16. The molecule has 1 aliphatic heterocycles. The Morgan fingerprint density at radius 2 is 2.18 bits per heavy atom. The number of hydrogen-bond donors (Lipinski definition) is 0. The van der Waals surface area contributed by atoms with E-state index in [1.54, 1.807) is 19.5 Å². The van der Waals surface area contributed by atoms with E-state index in [1.165, 1.54) is 11.5 Å². The van der Waals surface area contributed by atoms with Gasteiger partial charge < -0.3 is 14.4 Å². The van der Waals surface area contributed by atoms with Crippen molar-refractivity contribution in [1.82, 2.24) is 19.3 Å². The summed E-state index contributed by atoms with van der Waals surface area (Å²) in [7, 11) is 1.68. The monoisotopic (exact) mass is 321 g/mol. The third kappa shape index (κ3) is 3.69. The predicted octanol–water partition coefficient (Wildman–Crippen LogP) is 1.48. The van der Waals surface area contributed by atoms with E-state index in [-0.39, 0.29) is 6.10 Å². The maximum absolute atomic E-state index is 5.83. The van der Waals surface area contributed by atoms with Crippen molar-refractivity contribution < 1.29 is 9.47 Å². The van der Waals surface area contributed by atoms with Crippen LogP contribution in [0.2, 0.25) is 0 Å². The maximum Gasteiger partial charge on any atom is 0.316 e. The largest absolute Gasteiger partial charge is 0.458 e. The first-order valence-electron chi connectivity index (χ1n) is 7.26. The van der Waals surface area contributed by atoms with Gasteiger partial charge in [-0.05, 0) is 12.5 Å². The summed E-state index contributed by atoms with van der Waals surface area (Å²) in [5, 5.41) is 0.946.